The number of carbonyl (C=O) groups is 2. The normalized spacial score (nSPS) is 19.5. The first-order valence-corrected chi connectivity index (χ1v) is 9.04. The summed E-state index contributed by atoms with van der Waals surface area (Å²) in [5, 5.41) is 0. The molecule has 1 saturated heterocycles. The maximum atomic E-state index is 12.9. The van der Waals surface area contributed by atoms with E-state index in [1.54, 1.807) is 12.5 Å². The number of amides is 1. The van der Waals surface area contributed by atoms with Gasteiger partial charge in [0.15, 0.2) is 0 Å². The molecule has 1 aliphatic carbocycles. The van der Waals surface area contributed by atoms with Crippen LogP contribution in [0.5, 0.6) is 0 Å². The third-order valence-corrected chi connectivity index (χ3v) is 5.76. The SMILES string of the molecule is O=C(c1cccc(Cn2ccnc2)c1)N1CCC2(CCCC2=O)CC1. The fourth-order valence-electron chi connectivity index (χ4n) is 4.23. The standard InChI is InChI=1S/C20H23N3O2/c24-18-5-2-6-20(18)7-10-23(11-8-20)19(25)17-4-1-3-16(13-17)14-22-12-9-21-15-22/h1,3-4,9,12-13,15H,2,5-8,10-11,14H2. The monoisotopic (exact) mass is 337 g/mol. The number of carbonyl (C=O) groups excluding carboxylic acids is 2. The Labute approximate surface area is 147 Å². The van der Waals surface area contributed by atoms with Crippen molar-refractivity contribution in [1.82, 2.24) is 14.5 Å². The third kappa shape index (κ3) is 3.11. The lowest BCUT2D eigenvalue weighted by Gasteiger charge is -2.38. The van der Waals surface area contributed by atoms with Gasteiger partial charge in [0.05, 0.1) is 6.33 Å². The molecule has 1 aromatic carbocycles. The molecule has 5 heteroatoms. The number of Topliss-reactive ketones (excluding diaryl/α,β-unsaturated/α-hetero) is 1. The summed E-state index contributed by atoms with van der Waals surface area (Å²) in [6.07, 6.45) is 9.84. The van der Waals surface area contributed by atoms with Crippen LogP contribution in [0, 0.1) is 5.41 Å². The Morgan fingerprint density at radius 2 is 2.04 bits per heavy atom. The number of imidazole rings is 1. The molecule has 0 radical (unpaired) electrons. The molecule has 1 spiro atoms. The number of hydrogen-bond donors (Lipinski definition) is 0. The molecule has 0 unspecified atom stereocenters. The van der Waals surface area contributed by atoms with E-state index in [4.69, 9.17) is 0 Å². The molecular formula is C20H23N3O2. The van der Waals surface area contributed by atoms with Crippen LogP contribution >= 0.6 is 0 Å². The van der Waals surface area contributed by atoms with Gasteiger partial charge in [-0.1, -0.05) is 12.1 Å². The first-order valence-electron chi connectivity index (χ1n) is 9.04. The zero-order valence-corrected chi connectivity index (χ0v) is 14.4. The summed E-state index contributed by atoms with van der Waals surface area (Å²) >= 11 is 0. The van der Waals surface area contributed by atoms with Crippen LogP contribution in [0.4, 0.5) is 0 Å². The molecule has 130 valence electrons. The van der Waals surface area contributed by atoms with Gasteiger partial charge >= 0.3 is 0 Å². The molecule has 1 amide bonds. The van der Waals surface area contributed by atoms with Crippen molar-refractivity contribution < 1.29 is 9.59 Å². The van der Waals surface area contributed by atoms with Crippen molar-refractivity contribution >= 4 is 11.7 Å². The molecule has 0 N–H and O–H groups in total. The number of aromatic nitrogens is 2. The van der Waals surface area contributed by atoms with E-state index in [-0.39, 0.29) is 11.3 Å². The Balaban J connectivity index is 1.44. The van der Waals surface area contributed by atoms with Crippen LogP contribution in [0.2, 0.25) is 0 Å². The Hall–Kier alpha value is -2.43. The second-order valence-corrected chi connectivity index (χ2v) is 7.28. The first kappa shape index (κ1) is 16.1. The highest BCUT2D eigenvalue weighted by Crippen LogP contribution is 2.43. The molecule has 4 rings (SSSR count). The molecule has 0 atom stereocenters. The van der Waals surface area contributed by atoms with Gasteiger partial charge in [0.2, 0.25) is 0 Å². The molecule has 1 aliphatic heterocycles. The Morgan fingerprint density at radius 1 is 1.20 bits per heavy atom. The Bertz CT molecular complexity index is 774. The lowest BCUT2D eigenvalue weighted by atomic mass is 9.76. The van der Waals surface area contributed by atoms with Crippen molar-refractivity contribution in [3.8, 4) is 0 Å². The van der Waals surface area contributed by atoms with Crippen LogP contribution in [0.25, 0.3) is 0 Å². The zero-order valence-electron chi connectivity index (χ0n) is 14.4. The van der Waals surface area contributed by atoms with E-state index in [1.165, 1.54) is 0 Å². The minimum Gasteiger partial charge on any atom is -0.339 e. The van der Waals surface area contributed by atoms with Gasteiger partial charge in [0.25, 0.3) is 5.91 Å². The molecule has 0 bridgehead atoms. The summed E-state index contributed by atoms with van der Waals surface area (Å²) in [4.78, 5) is 31.0. The summed E-state index contributed by atoms with van der Waals surface area (Å²) < 4.78 is 1.99. The second-order valence-electron chi connectivity index (χ2n) is 7.28. The van der Waals surface area contributed by atoms with E-state index in [1.807, 2.05) is 39.9 Å². The molecule has 25 heavy (non-hydrogen) atoms. The van der Waals surface area contributed by atoms with E-state index in [2.05, 4.69) is 4.98 Å². The number of benzene rings is 1. The molecule has 5 nitrogen and oxygen atoms in total. The Morgan fingerprint density at radius 3 is 2.72 bits per heavy atom. The van der Waals surface area contributed by atoms with Crippen molar-refractivity contribution in [2.45, 2.75) is 38.6 Å². The third-order valence-electron chi connectivity index (χ3n) is 5.76. The minimum atomic E-state index is -0.125. The summed E-state index contributed by atoms with van der Waals surface area (Å²) in [5.41, 5.74) is 1.69. The number of nitrogens with zero attached hydrogens (tertiary/aromatic N) is 3. The number of piperidine rings is 1. The van der Waals surface area contributed by atoms with Crippen molar-refractivity contribution in [2.75, 3.05) is 13.1 Å². The Kier molecular flexibility index (Phi) is 4.15. The molecule has 1 saturated carbocycles. The number of hydrogen-bond acceptors (Lipinski definition) is 3. The number of rotatable bonds is 3. The summed E-state index contributed by atoms with van der Waals surface area (Å²) in [6.45, 7) is 2.09. The van der Waals surface area contributed by atoms with E-state index in [0.29, 0.717) is 25.4 Å². The van der Waals surface area contributed by atoms with Crippen LogP contribution in [0.3, 0.4) is 0 Å². The van der Waals surface area contributed by atoms with Gasteiger partial charge < -0.3 is 9.47 Å². The predicted molar refractivity (Wildman–Crippen MR) is 94.2 cm³/mol. The zero-order chi connectivity index (χ0) is 17.3. The average Bonchev–Trinajstić information content (AvgIpc) is 3.26. The molecule has 1 aromatic heterocycles. The molecule has 2 fully saturated rings. The maximum absolute atomic E-state index is 12.9. The molecular weight excluding hydrogens is 314 g/mol. The molecule has 2 heterocycles. The topological polar surface area (TPSA) is 55.2 Å². The largest absolute Gasteiger partial charge is 0.339 e. The molecule has 2 aliphatic rings. The van der Waals surface area contributed by atoms with Crippen molar-refractivity contribution in [1.29, 1.82) is 0 Å². The molecule has 2 aromatic rings. The van der Waals surface area contributed by atoms with Crippen LogP contribution in [0.1, 0.15) is 48.0 Å². The van der Waals surface area contributed by atoms with E-state index >= 15 is 0 Å². The minimum absolute atomic E-state index is 0.0766. The van der Waals surface area contributed by atoms with Crippen molar-refractivity contribution in [3.05, 3.63) is 54.1 Å². The van der Waals surface area contributed by atoms with Crippen LogP contribution in [0.15, 0.2) is 43.0 Å². The highest BCUT2D eigenvalue weighted by molar-refractivity contribution is 5.95. The van der Waals surface area contributed by atoms with Gasteiger partial charge in [-0.05, 0) is 43.4 Å². The fraction of sp³-hybridized carbons (Fsp3) is 0.450. The second kappa shape index (κ2) is 6.47. The van der Waals surface area contributed by atoms with Gasteiger partial charge in [-0.15, -0.1) is 0 Å². The lowest BCUT2D eigenvalue weighted by molar-refractivity contribution is -0.127. The van der Waals surface area contributed by atoms with Crippen LogP contribution in [-0.2, 0) is 11.3 Å². The van der Waals surface area contributed by atoms with Crippen LogP contribution in [-0.4, -0.2) is 39.2 Å². The highest BCUT2D eigenvalue weighted by atomic mass is 16.2. The number of likely N-dealkylation sites (tertiary alicyclic amines) is 1. The summed E-state index contributed by atoms with van der Waals surface area (Å²) in [5.74, 6) is 0.495. The van der Waals surface area contributed by atoms with Gasteiger partial charge in [0, 0.05) is 49.4 Å². The van der Waals surface area contributed by atoms with E-state index in [9.17, 15) is 9.59 Å². The summed E-state index contributed by atoms with van der Waals surface area (Å²) in [7, 11) is 0. The first-order chi connectivity index (χ1) is 12.2. The maximum Gasteiger partial charge on any atom is 0.253 e. The summed E-state index contributed by atoms with van der Waals surface area (Å²) in [6, 6.07) is 7.81. The van der Waals surface area contributed by atoms with Gasteiger partial charge in [-0.2, -0.15) is 0 Å². The quantitative estimate of drug-likeness (QED) is 0.865. The highest BCUT2D eigenvalue weighted by Gasteiger charge is 2.44. The lowest BCUT2D eigenvalue weighted by Crippen LogP contribution is -2.44. The van der Waals surface area contributed by atoms with E-state index < -0.39 is 0 Å². The fourth-order valence-corrected chi connectivity index (χ4v) is 4.23. The van der Waals surface area contributed by atoms with Gasteiger partial charge in [-0.3, -0.25) is 9.59 Å². The van der Waals surface area contributed by atoms with Crippen LogP contribution < -0.4 is 0 Å². The smallest absolute Gasteiger partial charge is 0.253 e. The van der Waals surface area contributed by atoms with Gasteiger partial charge in [0.1, 0.15) is 5.78 Å². The number of ketones is 1. The van der Waals surface area contributed by atoms with Crippen molar-refractivity contribution in [3.63, 3.8) is 0 Å². The van der Waals surface area contributed by atoms with Gasteiger partial charge in [-0.25, -0.2) is 4.98 Å². The van der Waals surface area contributed by atoms with E-state index in [0.717, 1.165) is 43.2 Å². The van der Waals surface area contributed by atoms with Crippen molar-refractivity contribution in [2.24, 2.45) is 5.41 Å². The average molecular weight is 337 g/mol. The predicted octanol–water partition coefficient (Wildman–Crippen LogP) is 2.91.